The molecule has 2 aromatic rings. The lowest BCUT2D eigenvalue weighted by Crippen LogP contribution is -2.38. The lowest BCUT2D eigenvalue weighted by Gasteiger charge is -2.30. The van der Waals surface area contributed by atoms with Gasteiger partial charge in [0.15, 0.2) is 17.5 Å². The molecule has 3 nitrogen and oxygen atoms in total. The Hall–Kier alpha value is -1.89. The van der Waals surface area contributed by atoms with Crippen molar-refractivity contribution in [2.75, 3.05) is 13.1 Å². The number of carbonyl (C=O) groups excluding carboxylic acids is 1. The second-order valence-electron chi connectivity index (χ2n) is 7.26. The molecule has 1 aliphatic rings. The van der Waals surface area contributed by atoms with Crippen molar-refractivity contribution in [1.29, 1.82) is 0 Å². The van der Waals surface area contributed by atoms with E-state index in [0.717, 1.165) is 49.8 Å². The molecule has 0 saturated carbocycles. The summed E-state index contributed by atoms with van der Waals surface area (Å²) in [7, 11) is 0. The van der Waals surface area contributed by atoms with Gasteiger partial charge in [0.2, 0.25) is 5.91 Å². The number of hydrogen-bond donors (Lipinski definition) is 0. The third-order valence-corrected chi connectivity index (χ3v) is 5.64. The molecule has 1 aromatic carbocycles. The Kier molecular flexibility index (Phi) is 5.37. The zero-order chi connectivity index (χ0) is 18.9. The van der Waals surface area contributed by atoms with Gasteiger partial charge in [-0.25, -0.2) is 18.2 Å². The van der Waals surface area contributed by atoms with Crippen LogP contribution in [0.1, 0.15) is 45.2 Å². The maximum atomic E-state index is 14.0. The minimum absolute atomic E-state index is 0.0710. The summed E-state index contributed by atoms with van der Waals surface area (Å²) in [6, 6.07) is 2.07. The molecule has 2 heterocycles. The van der Waals surface area contributed by atoms with E-state index < -0.39 is 22.9 Å². The van der Waals surface area contributed by atoms with Crippen molar-refractivity contribution in [1.82, 2.24) is 9.88 Å². The van der Waals surface area contributed by atoms with Crippen LogP contribution in [-0.2, 0) is 10.2 Å². The van der Waals surface area contributed by atoms with Gasteiger partial charge in [-0.2, -0.15) is 0 Å². The van der Waals surface area contributed by atoms with E-state index in [0.29, 0.717) is 12.1 Å². The zero-order valence-electron chi connectivity index (χ0n) is 14.8. The smallest absolute Gasteiger partial charge is 0.223 e. The van der Waals surface area contributed by atoms with E-state index in [1.54, 1.807) is 5.38 Å². The molecule has 1 aliphatic heterocycles. The van der Waals surface area contributed by atoms with Crippen LogP contribution in [0.15, 0.2) is 17.5 Å². The van der Waals surface area contributed by atoms with Gasteiger partial charge in [-0.15, -0.1) is 11.3 Å². The highest BCUT2D eigenvalue weighted by Gasteiger charge is 2.30. The van der Waals surface area contributed by atoms with Crippen LogP contribution in [0, 0.1) is 17.5 Å². The van der Waals surface area contributed by atoms with Gasteiger partial charge in [0, 0.05) is 35.9 Å². The molecule has 1 aromatic heterocycles. The molecule has 140 valence electrons. The molecular formula is C19H21F3N2OS. The van der Waals surface area contributed by atoms with E-state index in [9.17, 15) is 18.0 Å². The molecule has 0 atom stereocenters. The molecule has 3 rings (SSSR count). The second-order valence-corrected chi connectivity index (χ2v) is 8.12. The van der Waals surface area contributed by atoms with Crippen molar-refractivity contribution in [3.05, 3.63) is 40.7 Å². The molecular weight excluding hydrogens is 361 g/mol. The Labute approximate surface area is 154 Å². The SMILES string of the molecule is CC(C)(CC(=O)N1CCCCC1)c1csc(-c2ccc(F)c(F)c2F)n1. The molecule has 1 fully saturated rings. The third-order valence-electron chi connectivity index (χ3n) is 4.77. The molecule has 0 bridgehead atoms. The van der Waals surface area contributed by atoms with Crippen LogP contribution in [0.2, 0.25) is 0 Å². The molecule has 7 heteroatoms. The van der Waals surface area contributed by atoms with Crippen molar-refractivity contribution in [3.63, 3.8) is 0 Å². The van der Waals surface area contributed by atoms with Crippen LogP contribution in [0.5, 0.6) is 0 Å². The first-order valence-corrected chi connectivity index (χ1v) is 9.55. The standard InChI is InChI=1S/C19H21F3N2OS/c1-19(2,10-15(25)24-8-4-3-5-9-24)14-11-26-18(23-14)12-6-7-13(20)17(22)16(12)21/h6-7,11H,3-5,8-10H2,1-2H3. The number of halogens is 3. The molecule has 0 N–H and O–H groups in total. The van der Waals surface area contributed by atoms with Gasteiger partial charge in [-0.05, 0) is 31.4 Å². The van der Waals surface area contributed by atoms with Crippen LogP contribution >= 0.6 is 11.3 Å². The maximum Gasteiger partial charge on any atom is 0.223 e. The van der Waals surface area contributed by atoms with Crippen molar-refractivity contribution in [3.8, 4) is 10.6 Å². The number of nitrogens with zero attached hydrogens (tertiary/aromatic N) is 2. The quantitative estimate of drug-likeness (QED) is 0.704. The van der Waals surface area contributed by atoms with E-state index in [-0.39, 0.29) is 16.5 Å². The van der Waals surface area contributed by atoms with Crippen LogP contribution in [0.3, 0.4) is 0 Å². The predicted octanol–water partition coefficient (Wildman–Crippen LogP) is 4.91. The summed E-state index contributed by atoms with van der Waals surface area (Å²) in [4.78, 5) is 18.8. The average Bonchev–Trinajstić information content (AvgIpc) is 3.11. The number of thiazole rings is 1. The Morgan fingerprint density at radius 3 is 2.54 bits per heavy atom. The van der Waals surface area contributed by atoms with Crippen LogP contribution < -0.4 is 0 Å². The number of carbonyl (C=O) groups is 1. The summed E-state index contributed by atoms with van der Waals surface area (Å²) >= 11 is 1.16. The monoisotopic (exact) mass is 382 g/mol. The summed E-state index contributed by atoms with van der Waals surface area (Å²) in [6.45, 7) is 5.40. The fourth-order valence-corrected chi connectivity index (χ4v) is 4.15. The summed E-state index contributed by atoms with van der Waals surface area (Å²) in [5.74, 6) is -3.88. The van der Waals surface area contributed by atoms with Gasteiger partial charge in [-0.3, -0.25) is 4.79 Å². The molecule has 0 aliphatic carbocycles. The summed E-state index contributed by atoms with van der Waals surface area (Å²) in [5.41, 5.74) is 0.0449. The Morgan fingerprint density at radius 2 is 1.85 bits per heavy atom. The number of aromatic nitrogens is 1. The molecule has 1 saturated heterocycles. The lowest BCUT2D eigenvalue weighted by atomic mass is 9.85. The van der Waals surface area contributed by atoms with E-state index in [1.165, 1.54) is 6.07 Å². The van der Waals surface area contributed by atoms with Crippen LogP contribution in [0.4, 0.5) is 13.2 Å². The topological polar surface area (TPSA) is 33.2 Å². The molecule has 26 heavy (non-hydrogen) atoms. The molecule has 0 spiro atoms. The van der Waals surface area contributed by atoms with Gasteiger partial charge in [0.25, 0.3) is 0 Å². The predicted molar refractivity (Wildman–Crippen MR) is 95.5 cm³/mol. The van der Waals surface area contributed by atoms with Gasteiger partial charge >= 0.3 is 0 Å². The first-order chi connectivity index (χ1) is 12.3. The van der Waals surface area contributed by atoms with Gasteiger partial charge in [-0.1, -0.05) is 13.8 Å². The zero-order valence-corrected chi connectivity index (χ0v) is 15.6. The van der Waals surface area contributed by atoms with E-state index in [4.69, 9.17) is 0 Å². The van der Waals surface area contributed by atoms with Crippen molar-refractivity contribution < 1.29 is 18.0 Å². The Morgan fingerprint density at radius 1 is 1.15 bits per heavy atom. The number of hydrogen-bond acceptors (Lipinski definition) is 3. The van der Waals surface area contributed by atoms with E-state index >= 15 is 0 Å². The first kappa shape index (κ1) is 18.9. The number of rotatable bonds is 4. The number of amides is 1. The second kappa shape index (κ2) is 7.39. The Bertz CT molecular complexity index is 813. The first-order valence-electron chi connectivity index (χ1n) is 8.67. The van der Waals surface area contributed by atoms with Gasteiger partial charge in [0.05, 0.1) is 5.69 Å². The minimum atomic E-state index is -1.50. The van der Waals surface area contributed by atoms with Gasteiger partial charge in [0.1, 0.15) is 5.01 Å². The van der Waals surface area contributed by atoms with Gasteiger partial charge < -0.3 is 4.90 Å². The fourth-order valence-electron chi connectivity index (χ4n) is 3.12. The third kappa shape index (κ3) is 3.77. The van der Waals surface area contributed by atoms with E-state index in [1.807, 2.05) is 18.7 Å². The average molecular weight is 382 g/mol. The number of benzene rings is 1. The highest BCUT2D eigenvalue weighted by atomic mass is 32.1. The largest absolute Gasteiger partial charge is 0.343 e. The van der Waals surface area contributed by atoms with E-state index in [2.05, 4.69) is 4.98 Å². The highest BCUT2D eigenvalue weighted by molar-refractivity contribution is 7.13. The molecule has 1 amide bonds. The maximum absolute atomic E-state index is 14.0. The normalized spacial score (nSPS) is 15.3. The lowest BCUT2D eigenvalue weighted by molar-refractivity contribution is -0.133. The summed E-state index contributed by atoms with van der Waals surface area (Å²) in [5, 5.41) is 2.02. The molecule has 0 radical (unpaired) electrons. The fraction of sp³-hybridized carbons (Fsp3) is 0.474. The van der Waals surface area contributed by atoms with Crippen molar-refractivity contribution >= 4 is 17.2 Å². The molecule has 0 unspecified atom stereocenters. The van der Waals surface area contributed by atoms with Crippen molar-refractivity contribution in [2.24, 2.45) is 0 Å². The summed E-state index contributed by atoms with van der Waals surface area (Å²) < 4.78 is 40.6. The minimum Gasteiger partial charge on any atom is -0.343 e. The van der Waals surface area contributed by atoms with Crippen molar-refractivity contribution in [2.45, 2.75) is 44.9 Å². The van der Waals surface area contributed by atoms with Crippen LogP contribution in [0.25, 0.3) is 10.6 Å². The van der Waals surface area contributed by atoms with Crippen LogP contribution in [-0.4, -0.2) is 28.9 Å². The Balaban J connectivity index is 1.80. The number of likely N-dealkylation sites (tertiary alicyclic amines) is 1. The number of piperidine rings is 1. The summed E-state index contributed by atoms with van der Waals surface area (Å²) in [6.07, 6.45) is 3.52. The highest BCUT2D eigenvalue weighted by Crippen LogP contribution is 2.34.